The summed E-state index contributed by atoms with van der Waals surface area (Å²) in [4.78, 5) is 23.5. The topological polar surface area (TPSA) is 79.4 Å². The van der Waals surface area contributed by atoms with E-state index in [2.05, 4.69) is 25.5 Å². The van der Waals surface area contributed by atoms with Crippen molar-refractivity contribution in [2.45, 2.75) is 19.9 Å². The number of benzene rings is 1. The van der Waals surface area contributed by atoms with Crippen LogP contribution in [0.4, 0.5) is 5.95 Å². The number of likely N-dealkylation sites (tertiary alicyclic amines) is 1. The van der Waals surface area contributed by atoms with E-state index in [4.69, 9.17) is 4.74 Å². The molecular weight excluding hydrogens is 342 g/mol. The zero-order chi connectivity index (χ0) is 19.3. The van der Waals surface area contributed by atoms with Crippen molar-refractivity contribution in [2.75, 3.05) is 39.1 Å². The van der Waals surface area contributed by atoms with Gasteiger partial charge in [-0.15, -0.1) is 0 Å². The van der Waals surface area contributed by atoms with Crippen LogP contribution in [0.3, 0.4) is 0 Å². The van der Waals surface area contributed by atoms with Crippen LogP contribution in [0.15, 0.2) is 36.7 Å². The minimum absolute atomic E-state index is 0.0836. The van der Waals surface area contributed by atoms with E-state index < -0.39 is 5.41 Å². The molecule has 1 aliphatic rings. The number of ether oxygens (including phenoxy) is 1. The van der Waals surface area contributed by atoms with Crippen molar-refractivity contribution in [1.29, 1.82) is 0 Å². The van der Waals surface area contributed by atoms with Crippen LogP contribution in [0.5, 0.6) is 5.75 Å². The van der Waals surface area contributed by atoms with Crippen LogP contribution in [0.25, 0.3) is 0 Å². The number of hydrogen-bond acceptors (Lipinski definition) is 6. The maximum Gasteiger partial charge on any atom is 0.228 e. The lowest BCUT2D eigenvalue weighted by Crippen LogP contribution is -2.63. The third kappa shape index (κ3) is 4.36. The Morgan fingerprint density at radius 2 is 2.00 bits per heavy atom. The zero-order valence-electron chi connectivity index (χ0n) is 16.2. The average Bonchev–Trinajstić information content (AvgIpc) is 2.67. The SMILES string of the molecule is CCNc1ncc(CN2CC(Cc3cccc(OC)c3)(C(=O)NC)C2)cn1. The molecule has 7 nitrogen and oxygen atoms in total. The van der Waals surface area contributed by atoms with E-state index >= 15 is 0 Å². The number of nitrogens with one attached hydrogen (secondary N) is 2. The highest BCUT2D eigenvalue weighted by Crippen LogP contribution is 2.36. The van der Waals surface area contributed by atoms with Crippen LogP contribution in [-0.4, -0.2) is 54.6 Å². The van der Waals surface area contributed by atoms with Gasteiger partial charge >= 0.3 is 0 Å². The lowest BCUT2D eigenvalue weighted by molar-refractivity contribution is -0.141. The van der Waals surface area contributed by atoms with Gasteiger partial charge in [0.25, 0.3) is 0 Å². The summed E-state index contributed by atoms with van der Waals surface area (Å²) in [6.45, 7) is 4.96. The molecule has 1 fully saturated rings. The van der Waals surface area contributed by atoms with Gasteiger partial charge in [-0.2, -0.15) is 0 Å². The van der Waals surface area contributed by atoms with Crippen LogP contribution in [0.2, 0.25) is 0 Å². The van der Waals surface area contributed by atoms with Crippen LogP contribution in [0, 0.1) is 5.41 Å². The fourth-order valence-electron chi connectivity index (χ4n) is 3.64. The first-order valence-corrected chi connectivity index (χ1v) is 9.21. The van der Waals surface area contributed by atoms with Crippen LogP contribution < -0.4 is 15.4 Å². The number of aromatic nitrogens is 2. The molecule has 1 aliphatic heterocycles. The molecule has 7 heteroatoms. The zero-order valence-corrected chi connectivity index (χ0v) is 16.2. The molecule has 0 bridgehead atoms. The molecule has 144 valence electrons. The Balaban J connectivity index is 1.65. The highest BCUT2D eigenvalue weighted by atomic mass is 16.5. The minimum atomic E-state index is -0.411. The minimum Gasteiger partial charge on any atom is -0.497 e. The molecule has 0 aliphatic carbocycles. The summed E-state index contributed by atoms with van der Waals surface area (Å²) in [7, 11) is 3.35. The Hall–Kier alpha value is -2.67. The number of carbonyl (C=O) groups is 1. The second-order valence-electron chi connectivity index (χ2n) is 6.98. The molecule has 2 N–H and O–H groups in total. The number of nitrogens with zero attached hydrogens (tertiary/aromatic N) is 3. The lowest BCUT2D eigenvalue weighted by Gasteiger charge is -2.49. The Kier molecular flexibility index (Phi) is 5.91. The van der Waals surface area contributed by atoms with Gasteiger partial charge in [-0.05, 0) is 31.0 Å². The summed E-state index contributed by atoms with van der Waals surface area (Å²) in [5.74, 6) is 1.54. The molecule has 0 spiro atoms. The van der Waals surface area contributed by atoms with Gasteiger partial charge in [0.2, 0.25) is 11.9 Å². The Labute approximate surface area is 160 Å². The van der Waals surface area contributed by atoms with E-state index in [0.717, 1.165) is 30.0 Å². The van der Waals surface area contributed by atoms with Crippen molar-refractivity contribution < 1.29 is 9.53 Å². The highest BCUT2D eigenvalue weighted by Gasteiger charge is 2.48. The van der Waals surface area contributed by atoms with Gasteiger partial charge in [0.05, 0.1) is 12.5 Å². The predicted molar refractivity (Wildman–Crippen MR) is 105 cm³/mol. The molecular formula is C20H27N5O2. The second kappa shape index (κ2) is 8.35. The number of anilines is 1. The second-order valence-corrected chi connectivity index (χ2v) is 6.98. The van der Waals surface area contributed by atoms with Gasteiger partial charge in [0.1, 0.15) is 5.75 Å². The van der Waals surface area contributed by atoms with Crippen LogP contribution >= 0.6 is 0 Å². The molecule has 2 aromatic rings. The first-order valence-electron chi connectivity index (χ1n) is 9.21. The molecule has 1 saturated heterocycles. The molecule has 1 aromatic carbocycles. The number of amides is 1. The van der Waals surface area contributed by atoms with Crippen molar-refractivity contribution in [3.63, 3.8) is 0 Å². The van der Waals surface area contributed by atoms with E-state index in [9.17, 15) is 4.79 Å². The standard InChI is InChI=1S/C20H27N5O2/c1-4-22-19-23-10-16(11-24-19)12-25-13-20(14-25,18(26)21-2)9-15-6-5-7-17(8-15)27-3/h5-8,10-11H,4,9,12-14H2,1-3H3,(H,21,26)(H,22,23,24). The van der Waals surface area contributed by atoms with E-state index in [0.29, 0.717) is 25.5 Å². The summed E-state index contributed by atoms with van der Waals surface area (Å²) in [5, 5.41) is 5.92. The third-order valence-electron chi connectivity index (χ3n) is 4.88. The van der Waals surface area contributed by atoms with Crippen molar-refractivity contribution in [3.05, 3.63) is 47.8 Å². The quantitative estimate of drug-likeness (QED) is 0.737. The number of carbonyl (C=O) groups excluding carboxylic acids is 1. The molecule has 1 aromatic heterocycles. The van der Waals surface area contributed by atoms with Crippen molar-refractivity contribution in [3.8, 4) is 5.75 Å². The summed E-state index contributed by atoms with van der Waals surface area (Å²) >= 11 is 0. The largest absolute Gasteiger partial charge is 0.497 e. The average molecular weight is 369 g/mol. The lowest BCUT2D eigenvalue weighted by atomic mass is 9.73. The number of rotatable bonds is 8. The molecule has 0 radical (unpaired) electrons. The van der Waals surface area contributed by atoms with Gasteiger partial charge in [0.15, 0.2) is 0 Å². The fourth-order valence-corrected chi connectivity index (χ4v) is 3.64. The van der Waals surface area contributed by atoms with Gasteiger partial charge in [-0.1, -0.05) is 12.1 Å². The monoisotopic (exact) mass is 369 g/mol. The maximum absolute atomic E-state index is 12.6. The summed E-state index contributed by atoms with van der Waals surface area (Å²) in [5.41, 5.74) is 1.74. The number of methoxy groups -OCH3 is 1. The van der Waals surface area contributed by atoms with Gasteiger partial charge in [-0.25, -0.2) is 9.97 Å². The van der Waals surface area contributed by atoms with Gasteiger partial charge < -0.3 is 15.4 Å². The molecule has 0 unspecified atom stereocenters. The molecule has 2 heterocycles. The van der Waals surface area contributed by atoms with E-state index in [1.54, 1.807) is 14.2 Å². The van der Waals surface area contributed by atoms with Crippen molar-refractivity contribution >= 4 is 11.9 Å². The van der Waals surface area contributed by atoms with Crippen molar-refractivity contribution in [2.24, 2.45) is 5.41 Å². The Morgan fingerprint density at radius 1 is 1.26 bits per heavy atom. The van der Waals surface area contributed by atoms with Crippen LogP contribution in [-0.2, 0) is 17.8 Å². The molecule has 0 atom stereocenters. The summed E-state index contributed by atoms with van der Waals surface area (Å²) < 4.78 is 5.30. The normalized spacial score (nSPS) is 15.7. The molecule has 27 heavy (non-hydrogen) atoms. The van der Waals surface area contributed by atoms with Crippen LogP contribution in [0.1, 0.15) is 18.1 Å². The predicted octanol–water partition coefficient (Wildman–Crippen LogP) is 1.71. The molecule has 1 amide bonds. The smallest absolute Gasteiger partial charge is 0.228 e. The Bertz CT molecular complexity index is 772. The molecule has 3 rings (SSSR count). The van der Waals surface area contributed by atoms with E-state index in [-0.39, 0.29) is 5.91 Å². The first-order chi connectivity index (χ1) is 13.1. The van der Waals surface area contributed by atoms with E-state index in [1.165, 1.54) is 0 Å². The highest BCUT2D eigenvalue weighted by molar-refractivity contribution is 5.84. The van der Waals surface area contributed by atoms with Gasteiger partial charge in [0, 0.05) is 51.2 Å². The Morgan fingerprint density at radius 3 is 2.63 bits per heavy atom. The summed E-state index contributed by atoms with van der Waals surface area (Å²) in [6.07, 6.45) is 4.37. The van der Waals surface area contributed by atoms with E-state index in [1.807, 2.05) is 43.6 Å². The maximum atomic E-state index is 12.6. The summed E-state index contributed by atoms with van der Waals surface area (Å²) in [6, 6.07) is 7.93. The number of hydrogen-bond donors (Lipinski definition) is 2. The van der Waals surface area contributed by atoms with Crippen molar-refractivity contribution in [1.82, 2.24) is 20.2 Å². The molecule has 0 saturated carbocycles. The third-order valence-corrected chi connectivity index (χ3v) is 4.88. The van der Waals surface area contributed by atoms with Gasteiger partial charge in [-0.3, -0.25) is 9.69 Å². The first kappa shape index (κ1) is 19.1. The fraction of sp³-hybridized carbons (Fsp3) is 0.450.